The molecule has 0 fully saturated rings. The molecule has 2 aromatic carbocycles. The molecule has 0 bridgehead atoms. The van der Waals surface area contributed by atoms with E-state index >= 15 is 0 Å². The second-order valence-electron chi connectivity index (χ2n) is 4.64. The number of aromatic hydroxyl groups is 1. The number of nitrogens with one attached hydrogen (secondary N) is 2. The molecule has 0 saturated heterocycles. The molecule has 0 spiro atoms. The Hall–Kier alpha value is -2.82. The third kappa shape index (κ3) is 4.07. The molecule has 0 radical (unpaired) electrons. The number of amides is 2. The number of hydrogen-bond acceptors (Lipinski definition) is 3. The Labute approximate surface area is 122 Å². The minimum Gasteiger partial charge on any atom is -0.506 e. The zero-order valence-corrected chi connectivity index (χ0v) is 11.6. The predicted molar refractivity (Wildman–Crippen MR) is 79.8 cm³/mol. The van der Waals surface area contributed by atoms with E-state index in [-0.39, 0.29) is 18.0 Å². The van der Waals surface area contributed by atoms with Gasteiger partial charge >= 0.3 is 11.8 Å². The molecule has 0 unspecified atom stereocenters. The number of hydrogen-bond donors (Lipinski definition) is 3. The summed E-state index contributed by atoms with van der Waals surface area (Å²) >= 11 is 0. The lowest BCUT2D eigenvalue weighted by molar-refractivity contribution is -0.136. The summed E-state index contributed by atoms with van der Waals surface area (Å²) < 4.78 is 0. The van der Waals surface area contributed by atoms with Crippen LogP contribution < -0.4 is 10.6 Å². The Balaban J connectivity index is 1.90. The molecule has 0 aliphatic heterocycles. The first-order chi connectivity index (χ1) is 10.1. The molecule has 0 heterocycles. The summed E-state index contributed by atoms with van der Waals surface area (Å²) in [5, 5.41) is 14.4. The molecule has 5 nitrogen and oxygen atoms in total. The van der Waals surface area contributed by atoms with Gasteiger partial charge in [-0.1, -0.05) is 42.0 Å². The summed E-state index contributed by atoms with van der Waals surface area (Å²) in [5.74, 6) is -1.65. The molecule has 2 rings (SSSR count). The maximum absolute atomic E-state index is 11.7. The number of phenols is 1. The normalized spacial score (nSPS) is 9.95. The third-order valence-corrected chi connectivity index (χ3v) is 2.93. The SMILES string of the molecule is Cc1ccc(CNC(=O)C(=O)Nc2ccccc2O)cc1. The molecule has 2 aromatic rings. The number of rotatable bonds is 3. The van der Waals surface area contributed by atoms with E-state index in [0.717, 1.165) is 11.1 Å². The summed E-state index contributed by atoms with van der Waals surface area (Å²) in [7, 11) is 0. The molecule has 3 N–H and O–H groups in total. The van der Waals surface area contributed by atoms with Gasteiger partial charge in [-0.15, -0.1) is 0 Å². The van der Waals surface area contributed by atoms with Crippen LogP contribution in [0, 0.1) is 6.92 Å². The zero-order valence-electron chi connectivity index (χ0n) is 11.6. The number of para-hydroxylation sites is 2. The van der Waals surface area contributed by atoms with Crippen molar-refractivity contribution in [3.63, 3.8) is 0 Å². The molecule has 21 heavy (non-hydrogen) atoms. The van der Waals surface area contributed by atoms with E-state index in [9.17, 15) is 14.7 Å². The summed E-state index contributed by atoms with van der Waals surface area (Å²) in [5.41, 5.74) is 2.24. The smallest absolute Gasteiger partial charge is 0.313 e. The number of aryl methyl sites for hydroxylation is 1. The van der Waals surface area contributed by atoms with Crippen LogP contribution in [0.2, 0.25) is 0 Å². The van der Waals surface area contributed by atoms with Crippen LogP contribution in [0.1, 0.15) is 11.1 Å². The van der Waals surface area contributed by atoms with Gasteiger partial charge in [-0.2, -0.15) is 0 Å². The largest absolute Gasteiger partial charge is 0.506 e. The number of phenolic OH excluding ortho intramolecular Hbond substituents is 1. The summed E-state index contributed by atoms with van der Waals surface area (Å²) in [6.45, 7) is 2.25. The molecule has 5 heteroatoms. The van der Waals surface area contributed by atoms with E-state index in [1.54, 1.807) is 12.1 Å². The Kier molecular flexibility index (Phi) is 4.56. The minimum atomic E-state index is -0.816. The maximum atomic E-state index is 11.7. The van der Waals surface area contributed by atoms with Gasteiger partial charge in [0, 0.05) is 6.54 Å². The first kappa shape index (κ1) is 14.6. The quantitative estimate of drug-likeness (QED) is 0.595. The lowest BCUT2D eigenvalue weighted by atomic mass is 10.1. The monoisotopic (exact) mass is 284 g/mol. The van der Waals surface area contributed by atoms with Crippen molar-refractivity contribution >= 4 is 17.5 Å². The predicted octanol–water partition coefficient (Wildman–Crippen LogP) is 1.96. The molecular weight excluding hydrogens is 268 g/mol. The van der Waals surface area contributed by atoms with Gasteiger partial charge in [0.25, 0.3) is 0 Å². The zero-order chi connectivity index (χ0) is 15.2. The molecule has 0 aliphatic rings. The van der Waals surface area contributed by atoms with E-state index in [4.69, 9.17) is 0 Å². The van der Waals surface area contributed by atoms with Crippen LogP contribution in [0.5, 0.6) is 5.75 Å². The summed E-state index contributed by atoms with van der Waals surface area (Å²) in [6, 6.07) is 13.9. The Morgan fingerprint density at radius 1 is 1.00 bits per heavy atom. The number of benzene rings is 2. The van der Waals surface area contributed by atoms with Crippen LogP contribution in [-0.4, -0.2) is 16.9 Å². The van der Waals surface area contributed by atoms with Crippen LogP contribution in [-0.2, 0) is 16.1 Å². The second kappa shape index (κ2) is 6.56. The Morgan fingerprint density at radius 3 is 2.33 bits per heavy atom. The maximum Gasteiger partial charge on any atom is 0.313 e. The van der Waals surface area contributed by atoms with E-state index in [0.29, 0.717) is 0 Å². The highest BCUT2D eigenvalue weighted by molar-refractivity contribution is 6.39. The van der Waals surface area contributed by atoms with Gasteiger partial charge in [-0.25, -0.2) is 0 Å². The van der Waals surface area contributed by atoms with Crippen LogP contribution >= 0.6 is 0 Å². The molecule has 0 saturated carbocycles. The number of anilines is 1. The van der Waals surface area contributed by atoms with Crippen LogP contribution in [0.25, 0.3) is 0 Å². The fourth-order valence-electron chi connectivity index (χ4n) is 1.73. The topological polar surface area (TPSA) is 78.4 Å². The highest BCUT2D eigenvalue weighted by Crippen LogP contribution is 2.21. The lowest BCUT2D eigenvalue weighted by Gasteiger charge is -2.08. The molecule has 0 aliphatic carbocycles. The van der Waals surface area contributed by atoms with Crippen molar-refractivity contribution in [1.29, 1.82) is 0 Å². The molecule has 2 amide bonds. The van der Waals surface area contributed by atoms with Gasteiger partial charge < -0.3 is 15.7 Å². The van der Waals surface area contributed by atoms with Gasteiger partial charge in [0.1, 0.15) is 5.75 Å². The van der Waals surface area contributed by atoms with Crippen molar-refractivity contribution < 1.29 is 14.7 Å². The van der Waals surface area contributed by atoms with E-state index in [1.165, 1.54) is 12.1 Å². The Morgan fingerprint density at radius 2 is 1.67 bits per heavy atom. The van der Waals surface area contributed by atoms with E-state index in [2.05, 4.69) is 10.6 Å². The van der Waals surface area contributed by atoms with Crippen LogP contribution in [0.3, 0.4) is 0 Å². The standard InChI is InChI=1S/C16H16N2O3/c1-11-6-8-12(9-7-11)10-17-15(20)16(21)18-13-4-2-3-5-14(13)19/h2-9,19H,10H2,1H3,(H,17,20)(H,18,21). The first-order valence-corrected chi connectivity index (χ1v) is 6.49. The average Bonchev–Trinajstić information content (AvgIpc) is 2.48. The van der Waals surface area contributed by atoms with Crippen LogP contribution in [0.15, 0.2) is 48.5 Å². The average molecular weight is 284 g/mol. The molecule has 0 aromatic heterocycles. The molecule has 108 valence electrons. The number of carbonyl (C=O) groups is 2. The summed E-state index contributed by atoms with van der Waals surface area (Å²) in [6.07, 6.45) is 0. The second-order valence-corrected chi connectivity index (χ2v) is 4.64. The molecular formula is C16H16N2O3. The van der Waals surface area contributed by atoms with Gasteiger partial charge in [0.15, 0.2) is 0 Å². The fraction of sp³-hybridized carbons (Fsp3) is 0.125. The highest BCUT2D eigenvalue weighted by atomic mass is 16.3. The lowest BCUT2D eigenvalue weighted by Crippen LogP contribution is -2.34. The number of carbonyl (C=O) groups excluding carboxylic acids is 2. The third-order valence-electron chi connectivity index (χ3n) is 2.93. The van der Waals surface area contributed by atoms with Gasteiger partial charge in [-0.05, 0) is 24.6 Å². The van der Waals surface area contributed by atoms with Crippen LogP contribution in [0.4, 0.5) is 5.69 Å². The van der Waals surface area contributed by atoms with Crippen molar-refractivity contribution in [2.24, 2.45) is 0 Å². The van der Waals surface area contributed by atoms with Crippen molar-refractivity contribution in [2.45, 2.75) is 13.5 Å². The van der Waals surface area contributed by atoms with Crippen molar-refractivity contribution in [3.8, 4) is 5.75 Å². The molecule has 0 atom stereocenters. The van der Waals surface area contributed by atoms with E-state index in [1.807, 2.05) is 31.2 Å². The van der Waals surface area contributed by atoms with E-state index < -0.39 is 11.8 Å². The minimum absolute atomic E-state index is 0.0859. The van der Waals surface area contributed by atoms with Crippen molar-refractivity contribution in [2.75, 3.05) is 5.32 Å². The highest BCUT2D eigenvalue weighted by Gasteiger charge is 2.14. The van der Waals surface area contributed by atoms with Gasteiger partial charge in [0.05, 0.1) is 5.69 Å². The summed E-state index contributed by atoms with van der Waals surface area (Å²) in [4.78, 5) is 23.4. The van der Waals surface area contributed by atoms with Gasteiger partial charge in [-0.3, -0.25) is 9.59 Å². The van der Waals surface area contributed by atoms with Crippen molar-refractivity contribution in [3.05, 3.63) is 59.7 Å². The Bertz CT molecular complexity index is 651. The fourth-order valence-corrected chi connectivity index (χ4v) is 1.73. The van der Waals surface area contributed by atoms with Gasteiger partial charge in [0.2, 0.25) is 0 Å². The first-order valence-electron chi connectivity index (χ1n) is 6.49. The van der Waals surface area contributed by atoms with Crippen molar-refractivity contribution in [1.82, 2.24) is 5.32 Å².